The van der Waals surface area contributed by atoms with E-state index < -0.39 is 0 Å². The minimum Gasteiger partial charge on any atom is -0.506 e. The number of nitrogens with one attached hydrogen (secondary N) is 1. The number of aromatic hydroxyl groups is 1. The SMILES string of the molecule is Cc1ccc(-n2nc(CNC3CC3)c(O)cc2=O)cc1Cl. The van der Waals surface area contributed by atoms with Crippen LogP contribution in [0.3, 0.4) is 0 Å². The third kappa shape index (κ3) is 3.09. The monoisotopic (exact) mass is 305 g/mol. The van der Waals surface area contributed by atoms with Crippen molar-refractivity contribution in [1.82, 2.24) is 15.1 Å². The molecule has 1 aromatic carbocycles. The molecule has 2 N–H and O–H groups in total. The normalized spacial score (nSPS) is 14.4. The number of halogens is 1. The smallest absolute Gasteiger partial charge is 0.275 e. The molecule has 0 spiro atoms. The lowest BCUT2D eigenvalue weighted by Crippen LogP contribution is -2.24. The molecule has 0 aliphatic heterocycles. The largest absolute Gasteiger partial charge is 0.506 e. The number of benzene rings is 1. The molecule has 1 fully saturated rings. The first-order valence-electron chi connectivity index (χ1n) is 6.87. The molecule has 5 nitrogen and oxygen atoms in total. The Balaban J connectivity index is 1.97. The van der Waals surface area contributed by atoms with Crippen molar-refractivity contribution in [3.63, 3.8) is 0 Å². The second-order valence-electron chi connectivity index (χ2n) is 5.31. The van der Waals surface area contributed by atoms with Crippen LogP contribution in [0.5, 0.6) is 5.75 Å². The summed E-state index contributed by atoms with van der Waals surface area (Å²) in [6, 6.07) is 7.00. The number of nitrogens with zero attached hydrogens (tertiary/aromatic N) is 2. The van der Waals surface area contributed by atoms with Crippen molar-refractivity contribution in [2.24, 2.45) is 0 Å². The van der Waals surface area contributed by atoms with Crippen LogP contribution in [0.2, 0.25) is 5.02 Å². The molecule has 6 heteroatoms. The molecule has 0 saturated heterocycles. The van der Waals surface area contributed by atoms with E-state index in [-0.39, 0.29) is 11.3 Å². The summed E-state index contributed by atoms with van der Waals surface area (Å²) in [5.74, 6) is -0.0809. The summed E-state index contributed by atoms with van der Waals surface area (Å²) in [4.78, 5) is 12.0. The van der Waals surface area contributed by atoms with Crippen LogP contribution in [0, 0.1) is 6.92 Å². The van der Waals surface area contributed by atoms with E-state index in [1.54, 1.807) is 12.1 Å². The van der Waals surface area contributed by atoms with E-state index >= 15 is 0 Å². The number of aromatic nitrogens is 2. The average Bonchev–Trinajstić information content (AvgIpc) is 3.25. The predicted molar refractivity (Wildman–Crippen MR) is 81.1 cm³/mol. The van der Waals surface area contributed by atoms with Gasteiger partial charge in [0.15, 0.2) is 0 Å². The molecule has 0 unspecified atom stereocenters. The lowest BCUT2D eigenvalue weighted by molar-refractivity contribution is 0.451. The van der Waals surface area contributed by atoms with Gasteiger partial charge in [0.2, 0.25) is 0 Å². The molecular weight excluding hydrogens is 290 g/mol. The second kappa shape index (κ2) is 5.50. The van der Waals surface area contributed by atoms with Crippen LogP contribution in [0.4, 0.5) is 0 Å². The van der Waals surface area contributed by atoms with Crippen molar-refractivity contribution in [3.8, 4) is 11.4 Å². The maximum absolute atomic E-state index is 12.0. The molecule has 2 aromatic rings. The molecule has 110 valence electrons. The highest BCUT2D eigenvalue weighted by atomic mass is 35.5. The van der Waals surface area contributed by atoms with Crippen LogP contribution in [-0.4, -0.2) is 20.9 Å². The van der Waals surface area contributed by atoms with E-state index in [1.165, 1.54) is 10.7 Å². The van der Waals surface area contributed by atoms with Gasteiger partial charge in [-0.3, -0.25) is 4.79 Å². The zero-order valence-electron chi connectivity index (χ0n) is 11.6. The van der Waals surface area contributed by atoms with Crippen molar-refractivity contribution >= 4 is 11.6 Å². The zero-order valence-corrected chi connectivity index (χ0v) is 12.4. The fourth-order valence-corrected chi connectivity index (χ4v) is 2.21. The molecule has 1 aliphatic carbocycles. The number of hydrogen-bond donors (Lipinski definition) is 2. The van der Waals surface area contributed by atoms with Gasteiger partial charge in [-0.05, 0) is 37.5 Å². The number of hydrogen-bond acceptors (Lipinski definition) is 4. The van der Waals surface area contributed by atoms with Gasteiger partial charge in [0.05, 0.1) is 5.69 Å². The molecule has 1 saturated carbocycles. The van der Waals surface area contributed by atoms with Gasteiger partial charge in [-0.1, -0.05) is 17.7 Å². The first-order valence-corrected chi connectivity index (χ1v) is 7.24. The molecule has 3 rings (SSSR count). The lowest BCUT2D eigenvalue weighted by atomic mass is 10.2. The minimum atomic E-state index is -0.386. The Kier molecular flexibility index (Phi) is 3.69. The van der Waals surface area contributed by atoms with Gasteiger partial charge >= 0.3 is 0 Å². The Bertz CT molecular complexity index is 738. The van der Waals surface area contributed by atoms with Gasteiger partial charge in [0.1, 0.15) is 11.4 Å². The van der Waals surface area contributed by atoms with Gasteiger partial charge in [0, 0.05) is 23.7 Å². The van der Waals surface area contributed by atoms with Crippen molar-refractivity contribution in [1.29, 1.82) is 0 Å². The van der Waals surface area contributed by atoms with Gasteiger partial charge in [-0.25, -0.2) is 0 Å². The molecule has 1 heterocycles. The maximum Gasteiger partial charge on any atom is 0.275 e. The molecule has 0 atom stereocenters. The highest BCUT2D eigenvalue weighted by molar-refractivity contribution is 6.31. The summed E-state index contributed by atoms with van der Waals surface area (Å²) in [7, 11) is 0. The fourth-order valence-electron chi connectivity index (χ4n) is 2.04. The van der Waals surface area contributed by atoms with E-state index in [2.05, 4.69) is 10.4 Å². The van der Waals surface area contributed by atoms with E-state index in [0.29, 0.717) is 29.0 Å². The summed E-state index contributed by atoms with van der Waals surface area (Å²) < 4.78 is 1.26. The van der Waals surface area contributed by atoms with Crippen molar-refractivity contribution in [3.05, 3.63) is 50.9 Å². The fraction of sp³-hybridized carbons (Fsp3) is 0.333. The Morgan fingerprint density at radius 2 is 2.19 bits per heavy atom. The van der Waals surface area contributed by atoms with Crippen LogP contribution < -0.4 is 10.9 Å². The molecule has 0 amide bonds. The van der Waals surface area contributed by atoms with Gasteiger partial charge in [-0.15, -0.1) is 0 Å². The Hall–Kier alpha value is -1.85. The first-order chi connectivity index (χ1) is 10.0. The molecule has 1 aliphatic rings. The first kappa shape index (κ1) is 14.1. The zero-order chi connectivity index (χ0) is 15.0. The Labute approximate surface area is 127 Å². The third-order valence-electron chi connectivity index (χ3n) is 3.52. The van der Waals surface area contributed by atoms with E-state index in [9.17, 15) is 9.90 Å². The van der Waals surface area contributed by atoms with Crippen LogP contribution in [0.25, 0.3) is 5.69 Å². The van der Waals surface area contributed by atoms with E-state index in [4.69, 9.17) is 11.6 Å². The van der Waals surface area contributed by atoms with Crippen molar-refractivity contribution < 1.29 is 5.11 Å². The topological polar surface area (TPSA) is 67.2 Å². The van der Waals surface area contributed by atoms with Crippen molar-refractivity contribution in [2.45, 2.75) is 32.4 Å². The van der Waals surface area contributed by atoms with Crippen LogP contribution in [0.1, 0.15) is 24.1 Å². The number of rotatable bonds is 4. The quantitative estimate of drug-likeness (QED) is 0.908. The highest BCUT2D eigenvalue weighted by Gasteiger charge is 2.21. The van der Waals surface area contributed by atoms with Crippen molar-refractivity contribution in [2.75, 3.05) is 0 Å². The predicted octanol–water partition coefficient (Wildman–Crippen LogP) is 2.15. The van der Waals surface area contributed by atoms with Gasteiger partial charge in [-0.2, -0.15) is 9.78 Å². The second-order valence-corrected chi connectivity index (χ2v) is 5.72. The van der Waals surface area contributed by atoms with Crippen LogP contribution >= 0.6 is 11.6 Å². The summed E-state index contributed by atoms with van der Waals surface area (Å²) in [5, 5.41) is 17.9. The van der Waals surface area contributed by atoms with Gasteiger partial charge in [0.25, 0.3) is 5.56 Å². The maximum atomic E-state index is 12.0. The minimum absolute atomic E-state index is 0.0809. The standard InChI is InChI=1S/C15H16ClN3O2/c1-9-2-5-11(6-12(9)16)19-15(21)7-14(20)13(18-19)8-17-10-3-4-10/h2,5-7,10,17,20H,3-4,8H2,1H3. The summed E-state index contributed by atoms with van der Waals surface area (Å²) >= 11 is 6.09. The Morgan fingerprint density at radius 3 is 2.86 bits per heavy atom. The Morgan fingerprint density at radius 1 is 1.43 bits per heavy atom. The van der Waals surface area contributed by atoms with E-state index in [1.807, 2.05) is 13.0 Å². The number of aryl methyl sites for hydroxylation is 1. The molecule has 21 heavy (non-hydrogen) atoms. The lowest BCUT2D eigenvalue weighted by Gasteiger charge is -2.10. The van der Waals surface area contributed by atoms with Gasteiger partial charge < -0.3 is 10.4 Å². The summed E-state index contributed by atoms with van der Waals surface area (Å²) in [6.07, 6.45) is 2.29. The third-order valence-corrected chi connectivity index (χ3v) is 3.93. The molecule has 0 radical (unpaired) electrons. The van der Waals surface area contributed by atoms with E-state index in [0.717, 1.165) is 18.4 Å². The van der Waals surface area contributed by atoms with Crippen LogP contribution in [0.15, 0.2) is 29.1 Å². The average molecular weight is 306 g/mol. The summed E-state index contributed by atoms with van der Waals surface area (Å²) in [6.45, 7) is 2.33. The van der Waals surface area contributed by atoms with Crippen LogP contribution in [-0.2, 0) is 6.54 Å². The summed E-state index contributed by atoms with van der Waals surface area (Å²) in [5.41, 5.74) is 1.59. The molecule has 1 aromatic heterocycles. The molecular formula is C15H16ClN3O2. The highest BCUT2D eigenvalue weighted by Crippen LogP contribution is 2.21. The molecule has 0 bridgehead atoms.